The van der Waals surface area contributed by atoms with Gasteiger partial charge in [0.2, 0.25) is 0 Å². The van der Waals surface area contributed by atoms with Gasteiger partial charge in [-0.05, 0) is 6.92 Å². The smallest absolute Gasteiger partial charge is 0.274 e. The Morgan fingerprint density at radius 3 is 2.85 bits per heavy atom. The molecule has 0 bridgehead atoms. The largest absolute Gasteiger partial charge is 0.332 e. The summed E-state index contributed by atoms with van der Waals surface area (Å²) >= 11 is 6.07. The molecular formula is C13H20Cl2N4O. The zero-order chi connectivity index (χ0) is 14.0. The van der Waals surface area contributed by atoms with Crippen LogP contribution in [0.1, 0.15) is 43.0 Å². The Morgan fingerprint density at radius 2 is 2.25 bits per heavy atom. The number of nitrogens with one attached hydrogen (secondary N) is 1. The monoisotopic (exact) mass is 318 g/mol. The lowest BCUT2D eigenvalue weighted by Gasteiger charge is -2.33. The molecule has 0 spiro atoms. The van der Waals surface area contributed by atoms with Crippen LogP contribution in [0.5, 0.6) is 0 Å². The molecule has 1 aliphatic heterocycles. The molecule has 1 amide bonds. The first kappa shape index (κ1) is 17.1. The quantitative estimate of drug-likeness (QED) is 0.907. The van der Waals surface area contributed by atoms with Crippen LogP contribution in [-0.2, 0) is 0 Å². The molecule has 5 nitrogen and oxygen atoms in total. The van der Waals surface area contributed by atoms with Crippen molar-refractivity contribution in [1.82, 2.24) is 20.2 Å². The highest BCUT2D eigenvalue weighted by Gasteiger charge is 2.27. The number of hydrogen-bond donors (Lipinski definition) is 1. The van der Waals surface area contributed by atoms with E-state index in [1.54, 1.807) is 0 Å². The number of amides is 1. The van der Waals surface area contributed by atoms with Crippen molar-refractivity contribution in [2.24, 2.45) is 0 Å². The first-order valence-electron chi connectivity index (χ1n) is 6.54. The second-order valence-corrected chi connectivity index (χ2v) is 5.54. The van der Waals surface area contributed by atoms with Crippen LogP contribution in [0.2, 0.25) is 5.02 Å². The number of piperazine rings is 1. The van der Waals surface area contributed by atoms with Crippen molar-refractivity contribution in [3.63, 3.8) is 0 Å². The van der Waals surface area contributed by atoms with Crippen LogP contribution in [-0.4, -0.2) is 46.5 Å². The highest BCUT2D eigenvalue weighted by Crippen LogP contribution is 2.19. The average Bonchev–Trinajstić information content (AvgIpc) is 2.38. The van der Waals surface area contributed by atoms with E-state index in [0.29, 0.717) is 23.1 Å². The van der Waals surface area contributed by atoms with Gasteiger partial charge in [-0.3, -0.25) is 4.79 Å². The normalized spacial score (nSPS) is 18.9. The van der Waals surface area contributed by atoms with Gasteiger partial charge in [0.1, 0.15) is 5.82 Å². The Kier molecular flexibility index (Phi) is 6.17. The maximum atomic E-state index is 12.5. The number of carbonyl (C=O) groups is 1. The second kappa shape index (κ2) is 7.20. The summed E-state index contributed by atoms with van der Waals surface area (Å²) in [6.07, 6.45) is 1.52. The van der Waals surface area contributed by atoms with Crippen molar-refractivity contribution in [2.45, 2.75) is 32.7 Å². The van der Waals surface area contributed by atoms with Gasteiger partial charge in [-0.15, -0.1) is 12.4 Å². The topological polar surface area (TPSA) is 58.1 Å². The zero-order valence-electron chi connectivity index (χ0n) is 11.9. The van der Waals surface area contributed by atoms with Gasteiger partial charge in [-0.25, -0.2) is 9.97 Å². The molecule has 1 N–H and O–H groups in total. The number of hydrogen-bond acceptors (Lipinski definition) is 4. The van der Waals surface area contributed by atoms with Gasteiger partial charge in [-0.2, -0.15) is 0 Å². The standard InChI is InChI=1S/C13H19ClN4O.ClH/c1-8(2)12-16-7-10(14)11(17-12)13(19)18-5-4-15-6-9(18)3;/h7-9,15H,4-6H2,1-3H3;1H/t9-;/m0./s1. The third-order valence-corrected chi connectivity index (χ3v) is 3.52. The molecule has 7 heteroatoms. The van der Waals surface area contributed by atoms with Crippen LogP contribution < -0.4 is 5.32 Å². The summed E-state index contributed by atoms with van der Waals surface area (Å²) in [5.41, 5.74) is 0.314. The maximum Gasteiger partial charge on any atom is 0.274 e. The lowest BCUT2D eigenvalue weighted by molar-refractivity contribution is 0.0649. The lowest BCUT2D eigenvalue weighted by atomic mass is 10.2. The van der Waals surface area contributed by atoms with Crippen molar-refractivity contribution >= 4 is 29.9 Å². The number of aromatic nitrogens is 2. The minimum Gasteiger partial charge on any atom is -0.332 e. The number of nitrogens with zero attached hydrogens (tertiary/aromatic N) is 3. The first-order chi connectivity index (χ1) is 9.00. The highest BCUT2D eigenvalue weighted by molar-refractivity contribution is 6.33. The Bertz CT molecular complexity index is 481. The third-order valence-electron chi connectivity index (χ3n) is 3.24. The van der Waals surface area contributed by atoms with Gasteiger partial charge < -0.3 is 10.2 Å². The van der Waals surface area contributed by atoms with E-state index in [0.717, 1.165) is 13.1 Å². The maximum absolute atomic E-state index is 12.5. The molecule has 0 aromatic carbocycles. The fourth-order valence-corrected chi connectivity index (χ4v) is 2.26. The molecule has 1 saturated heterocycles. The van der Waals surface area contributed by atoms with E-state index in [2.05, 4.69) is 15.3 Å². The molecule has 1 atom stereocenters. The van der Waals surface area contributed by atoms with Crippen LogP contribution >= 0.6 is 24.0 Å². The lowest BCUT2D eigenvalue weighted by Crippen LogP contribution is -2.52. The summed E-state index contributed by atoms with van der Waals surface area (Å²) in [5.74, 6) is 0.711. The van der Waals surface area contributed by atoms with E-state index in [-0.39, 0.29) is 30.3 Å². The molecule has 2 heterocycles. The summed E-state index contributed by atoms with van der Waals surface area (Å²) in [6.45, 7) is 8.27. The highest BCUT2D eigenvalue weighted by atomic mass is 35.5. The first-order valence-corrected chi connectivity index (χ1v) is 6.92. The van der Waals surface area contributed by atoms with Crippen LogP contribution in [0.3, 0.4) is 0 Å². The van der Waals surface area contributed by atoms with Crippen molar-refractivity contribution in [3.8, 4) is 0 Å². The predicted molar refractivity (Wildman–Crippen MR) is 81.7 cm³/mol. The Hall–Kier alpha value is -0.910. The number of rotatable bonds is 2. The van der Waals surface area contributed by atoms with E-state index in [9.17, 15) is 4.79 Å². The van der Waals surface area contributed by atoms with E-state index >= 15 is 0 Å². The molecule has 1 aromatic rings. The van der Waals surface area contributed by atoms with Crippen LogP contribution in [0, 0.1) is 0 Å². The average molecular weight is 319 g/mol. The Labute approximate surface area is 130 Å². The molecule has 2 rings (SSSR count). The molecular weight excluding hydrogens is 299 g/mol. The molecule has 0 aliphatic carbocycles. The Morgan fingerprint density at radius 1 is 1.55 bits per heavy atom. The van der Waals surface area contributed by atoms with Crippen LogP contribution in [0.4, 0.5) is 0 Å². The van der Waals surface area contributed by atoms with Crippen LogP contribution in [0.15, 0.2) is 6.20 Å². The van der Waals surface area contributed by atoms with E-state index in [4.69, 9.17) is 11.6 Å². The molecule has 112 valence electrons. The fourth-order valence-electron chi connectivity index (χ4n) is 2.09. The molecule has 1 fully saturated rings. The fraction of sp³-hybridized carbons (Fsp3) is 0.615. The van der Waals surface area contributed by atoms with Gasteiger partial charge in [0.05, 0.1) is 11.2 Å². The van der Waals surface area contributed by atoms with Crippen molar-refractivity contribution < 1.29 is 4.79 Å². The molecule has 0 unspecified atom stereocenters. The van der Waals surface area contributed by atoms with Gasteiger partial charge in [0, 0.05) is 31.6 Å². The van der Waals surface area contributed by atoms with E-state index < -0.39 is 0 Å². The van der Waals surface area contributed by atoms with Gasteiger partial charge in [0.25, 0.3) is 5.91 Å². The van der Waals surface area contributed by atoms with Gasteiger partial charge in [0.15, 0.2) is 5.69 Å². The van der Waals surface area contributed by atoms with Crippen molar-refractivity contribution in [1.29, 1.82) is 0 Å². The summed E-state index contributed by atoms with van der Waals surface area (Å²) in [5, 5.41) is 3.57. The molecule has 1 aromatic heterocycles. The SMILES string of the molecule is CC(C)c1ncc(Cl)c(C(=O)N2CCNC[C@@H]2C)n1.Cl. The summed E-state index contributed by atoms with van der Waals surface area (Å²) in [6, 6.07) is 0.148. The molecule has 1 aliphatic rings. The third kappa shape index (κ3) is 3.59. The number of halogens is 2. The molecule has 0 radical (unpaired) electrons. The Balaban J connectivity index is 0.00000200. The minimum absolute atomic E-state index is 0. The predicted octanol–water partition coefficient (Wildman–Crippen LogP) is 2.11. The molecule has 20 heavy (non-hydrogen) atoms. The summed E-state index contributed by atoms with van der Waals surface area (Å²) in [4.78, 5) is 22.8. The number of carbonyl (C=O) groups excluding carboxylic acids is 1. The van der Waals surface area contributed by atoms with E-state index in [1.165, 1.54) is 6.20 Å². The van der Waals surface area contributed by atoms with Crippen molar-refractivity contribution in [3.05, 3.63) is 22.7 Å². The zero-order valence-corrected chi connectivity index (χ0v) is 13.5. The molecule has 0 saturated carbocycles. The summed E-state index contributed by atoms with van der Waals surface area (Å²) < 4.78 is 0. The van der Waals surface area contributed by atoms with Crippen molar-refractivity contribution in [2.75, 3.05) is 19.6 Å². The van der Waals surface area contributed by atoms with Crippen LogP contribution in [0.25, 0.3) is 0 Å². The second-order valence-electron chi connectivity index (χ2n) is 5.13. The van der Waals surface area contributed by atoms with E-state index in [1.807, 2.05) is 25.7 Å². The minimum atomic E-state index is -0.108. The van der Waals surface area contributed by atoms with Gasteiger partial charge >= 0.3 is 0 Å². The summed E-state index contributed by atoms with van der Waals surface area (Å²) in [7, 11) is 0. The van der Waals surface area contributed by atoms with Gasteiger partial charge in [-0.1, -0.05) is 25.4 Å².